The van der Waals surface area contributed by atoms with E-state index < -0.39 is 7.44 Å². The Morgan fingerprint density at radius 3 is 2.12 bits per heavy atom. The summed E-state index contributed by atoms with van der Waals surface area (Å²) in [6.07, 6.45) is 2.51. The van der Waals surface area contributed by atoms with Crippen molar-refractivity contribution in [3.8, 4) is 0 Å². The molecule has 1 unspecified atom stereocenters. The molecule has 0 aliphatic rings. The van der Waals surface area contributed by atoms with Crippen LogP contribution in [0.4, 0.5) is 0 Å². The van der Waals surface area contributed by atoms with Gasteiger partial charge in [-0.05, 0) is 20.3 Å². The van der Waals surface area contributed by atoms with Gasteiger partial charge in [-0.15, -0.1) is 23.2 Å². The van der Waals surface area contributed by atoms with E-state index in [1.807, 2.05) is 18.5 Å². The van der Waals surface area contributed by atoms with Gasteiger partial charge < -0.3 is 10.6 Å². The molecule has 24 heavy (non-hydrogen) atoms. The Bertz CT molecular complexity index is 371. The average Bonchev–Trinajstić information content (AvgIpc) is 2.55. The molecular formula is C15H34Cl2N5OP. The van der Waals surface area contributed by atoms with Gasteiger partial charge in [-0.25, -0.2) is 4.67 Å². The van der Waals surface area contributed by atoms with Gasteiger partial charge in [0.2, 0.25) is 7.44 Å². The van der Waals surface area contributed by atoms with E-state index >= 15 is 0 Å². The molecule has 3 N–H and O–H groups in total. The minimum Gasteiger partial charge on any atom is -0.357 e. The fourth-order valence-corrected chi connectivity index (χ4v) is 5.20. The number of aliphatic imine (C=N–C) groups is 1. The first-order valence-corrected chi connectivity index (χ1v) is 11.7. The van der Waals surface area contributed by atoms with Gasteiger partial charge in [0, 0.05) is 50.6 Å². The Labute approximate surface area is 157 Å². The highest BCUT2D eigenvalue weighted by Gasteiger charge is 2.28. The number of guanidine groups is 1. The molecule has 144 valence electrons. The van der Waals surface area contributed by atoms with E-state index in [0.717, 1.165) is 38.4 Å². The van der Waals surface area contributed by atoms with Crippen molar-refractivity contribution in [1.29, 1.82) is 0 Å². The summed E-state index contributed by atoms with van der Waals surface area (Å²) in [4.78, 5) is 4.51. The Balaban J connectivity index is 4.96. The van der Waals surface area contributed by atoms with Gasteiger partial charge in [0.25, 0.3) is 0 Å². The highest BCUT2D eigenvalue weighted by molar-refractivity contribution is 7.59. The van der Waals surface area contributed by atoms with Gasteiger partial charge in [-0.2, -0.15) is 0 Å². The Hall–Kier alpha value is -0.000000000000000111. The monoisotopic (exact) mass is 401 g/mol. The van der Waals surface area contributed by atoms with Gasteiger partial charge in [0.05, 0.1) is 6.54 Å². The number of halogens is 2. The average molecular weight is 402 g/mol. The number of hydrogen-bond acceptors (Lipinski definition) is 2. The molecule has 0 aromatic heterocycles. The lowest BCUT2D eigenvalue weighted by Crippen LogP contribution is -2.38. The lowest BCUT2D eigenvalue weighted by molar-refractivity contribution is 0.434. The van der Waals surface area contributed by atoms with Crippen molar-refractivity contribution in [2.24, 2.45) is 4.99 Å². The van der Waals surface area contributed by atoms with Crippen molar-refractivity contribution >= 4 is 36.6 Å². The summed E-state index contributed by atoms with van der Waals surface area (Å²) in [7, 11) is -2.73. The number of nitrogens with one attached hydrogen (secondary N) is 3. The number of unbranched alkanes of at least 4 members (excludes halogenated alkanes) is 1. The van der Waals surface area contributed by atoms with Crippen LogP contribution in [0.1, 0.15) is 33.6 Å². The zero-order valence-electron chi connectivity index (χ0n) is 15.3. The lowest BCUT2D eigenvalue weighted by Gasteiger charge is -2.31. The Morgan fingerprint density at radius 1 is 1.08 bits per heavy atom. The first-order valence-electron chi connectivity index (χ1n) is 8.81. The van der Waals surface area contributed by atoms with Crippen LogP contribution < -0.4 is 15.7 Å². The van der Waals surface area contributed by atoms with E-state index in [9.17, 15) is 4.57 Å². The second-order valence-corrected chi connectivity index (χ2v) is 8.80. The maximum atomic E-state index is 13.5. The van der Waals surface area contributed by atoms with Crippen LogP contribution in [0.2, 0.25) is 0 Å². The zero-order chi connectivity index (χ0) is 18.3. The molecule has 0 aromatic carbocycles. The van der Waals surface area contributed by atoms with Crippen molar-refractivity contribution in [1.82, 2.24) is 20.4 Å². The summed E-state index contributed by atoms with van der Waals surface area (Å²) in [5.74, 6) is 1.61. The predicted octanol–water partition coefficient (Wildman–Crippen LogP) is 2.92. The third-order valence-electron chi connectivity index (χ3n) is 3.39. The van der Waals surface area contributed by atoms with Crippen LogP contribution in [0.3, 0.4) is 0 Å². The first kappa shape index (κ1) is 24.0. The smallest absolute Gasteiger partial charge is 0.215 e. The molecular weight excluding hydrogens is 368 g/mol. The topological polar surface area (TPSA) is 68.8 Å². The fourth-order valence-electron chi connectivity index (χ4n) is 2.19. The SMILES string of the molecule is CCCCNP(=O)(CCN=C(NCC)NCC)N(CCCl)CCCl. The molecule has 0 saturated heterocycles. The second kappa shape index (κ2) is 15.3. The predicted molar refractivity (Wildman–Crippen MR) is 108 cm³/mol. The molecule has 0 bridgehead atoms. The molecule has 0 aliphatic heterocycles. The summed E-state index contributed by atoms with van der Waals surface area (Å²) in [5, 5.41) is 9.61. The van der Waals surface area contributed by atoms with Crippen molar-refractivity contribution in [3.05, 3.63) is 0 Å². The molecule has 1 atom stereocenters. The molecule has 0 radical (unpaired) electrons. The van der Waals surface area contributed by atoms with Gasteiger partial charge in [0.15, 0.2) is 5.96 Å². The third-order valence-corrected chi connectivity index (χ3v) is 6.57. The van der Waals surface area contributed by atoms with Crippen molar-refractivity contribution in [3.63, 3.8) is 0 Å². The summed E-state index contributed by atoms with van der Waals surface area (Å²) in [6.45, 7) is 10.1. The fraction of sp³-hybridized carbons (Fsp3) is 0.933. The van der Waals surface area contributed by atoms with E-state index in [1.54, 1.807) is 0 Å². The minimum absolute atomic E-state index is 0.430. The largest absolute Gasteiger partial charge is 0.357 e. The maximum absolute atomic E-state index is 13.5. The maximum Gasteiger partial charge on any atom is 0.215 e. The van der Waals surface area contributed by atoms with E-state index in [2.05, 4.69) is 27.6 Å². The minimum atomic E-state index is -2.73. The standard InChI is InChI=1S/C15H34Cl2N5OP/c1-4-7-10-21-24(23,22(12-8-16)13-9-17)14-11-20-15(18-5-2)19-6-3/h4-14H2,1-3H3,(H,21,23)(H2,18,19,20). The van der Waals surface area contributed by atoms with Crippen LogP contribution in [-0.4, -0.2) is 67.8 Å². The van der Waals surface area contributed by atoms with Gasteiger partial charge >= 0.3 is 0 Å². The number of nitrogens with zero attached hydrogens (tertiary/aromatic N) is 2. The number of alkyl halides is 2. The van der Waals surface area contributed by atoms with Crippen LogP contribution in [-0.2, 0) is 4.57 Å². The molecule has 9 heteroatoms. The molecule has 0 heterocycles. The molecule has 0 aliphatic carbocycles. The molecule has 0 saturated carbocycles. The van der Waals surface area contributed by atoms with E-state index in [0.29, 0.717) is 37.6 Å². The normalized spacial score (nSPS) is 13.6. The summed E-state index contributed by atoms with van der Waals surface area (Å²) >= 11 is 11.8. The van der Waals surface area contributed by atoms with Crippen molar-refractivity contribution in [2.45, 2.75) is 33.6 Å². The first-order chi connectivity index (χ1) is 11.6. The molecule has 6 nitrogen and oxygen atoms in total. The Morgan fingerprint density at radius 2 is 1.67 bits per heavy atom. The summed E-state index contributed by atoms with van der Waals surface area (Å²) in [6, 6.07) is 0. The van der Waals surface area contributed by atoms with Gasteiger partial charge in [0.1, 0.15) is 0 Å². The third kappa shape index (κ3) is 10.1. The van der Waals surface area contributed by atoms with Gasteiger partial charge in [-0.3, -0.25) is 14.6 Å². The molecule has 0 amide bonds. The van der Waals surface area contributed by atoms with Crippen LogP contribution in [0.5, 0.6) is 0 Å². The zero-order valence-corrected chi connectivity index (χ0v) is 17.7. The quantitative estimate of drug-likeness (QED) is 0.137. The van der Waals surface area contributed by atoms with Crippen LogP contribution in [0.25, 0.3) is 0 Å². The highest BCUT2D eigenvalue weighted by atomic mass is 35.5. The van der Waals surface area contributed by atoms with Crippen molar-refractivity contribution < 1.29 is 4.57 Å². The summed E-state index contributed by atoms with van der Waals surface area (Å²) in [5.41, 5.74) is 0. The van der Waals surface area contributed by atoms with Crippen LogP contribution in [0.15, 0.2) is 4.99 Å². The van der Waals surface area contributed by atoms with Gasteiger partial charge in [-0.1, -0.05) is 13.3 Å². The number of rotatable bonds is 14. The molecule has 0 rings (SSSR count). The second-order valence-electron chi connectivity index (χ2n) is 5.31. The van der Waals surface area contributed by atoms with E-state index in [1.165, 1.54) is 0 Å². The van der Waals surface area contributed by atoms with E-state index in [-0.39, 0.29) is 0 Å². The molecule has 0 fully saturated rings. The Kier molecular flexibility index (Phi) is 15.3. The molecule has 0 aromatic rings. The van der Waals surface area contributed by atoms with Crippen molar-refractivity contribution in [2.75, 3.05) is 57.2 Å². The molecule has 0 spiro atoms. The number of hydrogen-bond donors (Lipinski definition) is 3. The van der Waals surface area contributed by atoms with E-state index in [4.69, 9.17) is 23.2 Å². The summed E-state index contributed by atoms with van der Waals surface area (Å²) < 4.78 is 15.4. The van der Waals surface area contributed by atoms with Crippen LogP contribution in [0, 0.1) is 0 Å². The highest BCUT2D eigenvalue weighted by Crippen LogP contribution is 2.44. The van der Waals surface area contributed by atoms with Crippen LogP contribution >= 0.6 is 30.6 Å². The lowest BCUT2D eigenvalue weighted by atomic mass is 10.3.